The maximum Gasteiger partial charge on any atom is 0.253 e. The number of hydrogen-bond donors (Lipinski definition) is 2. The van der Waals surface area contributed by atoms with E-state index in [4.69, 9.17) is 11.6 Å². The van der Waals surface area contributed by atoms with Gasteiger partial charge in [-0.2, -0.15) is 0 Å². The zero-order valence-corrected chi connectivity index (χ0v) is 14.0. The Bertz CT molecular complexity index is 847. The van der Waals surface area contributed by atoms with E-state index in [0.29, 0.717) is 16.1 Å². The summed E-state index contributed by atoms with van der Waals surface area (Å²) in [4.78, 5) is 17.6. The molecular weight excluding hydrogens is 332 g/mol. The molecule has 1 aromatic carbocycles. The number of aromatic nitrogens is 1. The van der Waals surface area contributed by atoms with Crippen LogP contribution in [0.4, 0.5) is 0 Å². The van der Waals surface area contributed by atoms with Crippen LogP contribution in [-0.2, 0) is 5.60 Å². The highest BCUT2D eigenvalue weighted by atomic mass is 35.5. The Morgan fingerprint density at radius 1 is 1.39 bits per heavy atom. The second-order valence-corrected chi connectivity index (χ2v) is 6.85. The van der Waals surface area contributed by atoms with Crippen LogP contribution >= 0.6 is 22.9 Å². The van der Waals surface area contributed by atoms with Crippen LogP contribution in [-0.4, -0.2) is 22.5 Å². The van der Waals surface area contributed by atoms with Gasteiger partial charge < -0.3 is 10.4 Å². The van der Waals surface area contributed by atoms with E-state index >= 15 is 0 Å². The lowest BCUT2D eigenvalue weighted by Crippen LogP contribution is -2.38. The number of benzene rings is 1. The van der Waals surface area contributed by atoms with Gasteiger partial charge in [0.1, 0.15) is 5.60 Å². The lowest BCUT2D eigenvalue weighted by Gasteiger charge is -2.22. The number of nitrogens with zero attached hydrogens (tertiary/aromatic N) is 1. The monoisotopic (exact) mass is 346 g/mol. The molecule has 1 atom stereocenters. The lowest BCUT2D eigenvalue weighted by molar-refractivity contribution is 0.0557. The van der Waals surface area contributed by atoms with Gasteiger partial charge in [0.25, 0.3) is 5.91 Å². The number of halogens is 1. The molecule has 0 aliphatic heterocycles. The Labute approximate surface area is 142 Å². The fraction of sp³-hybridized carbons (Fsp3) is 0.176. The molecule has 0 aliphatic rings. The number of amides is 1. The first-order valence-corrected chi connectivity index (χ1v) is 8.32. The summed E-state index contributed by atoms with van der Waals surface area (Å²) >= 11 is 7.53. The van der Waals surface area contributed by atoms with Crippen LogP contribution in [0.25, 0.3) is 10.9 Å². The van der Waals surface area contributed by atoms with Gasteiger partial charge in [-0.15, -0.1) is 11.3 Å². The number of carbonyl (C=O) groups excluding carboxylic acids is 1. The largest absolute Gasteiger partial charge is 0.383 e. The van der Waals surface area contributed by atoms with Crippen LogP contribution in [0.1, 0.15) is 22.2 Å². The Morgan fingerprint density at radius 3 is 2.96 bits per heavy atom. The number of nitrogens with one attached hydrogen (secondary N) is 1. The number of aliphatic hydroxyl groups is 1. The molecule has 2 aromatic heterocycles. The summed E-state index contributed by atoms with van der Waals surface area (Å²) in [5.41, 5.74) is -0.133. The van der Waals surface area contributed by atoms with Gasteiger partial charge in [-0.3, -0.25) is 9.78 Å². The smallest absolute Gasteiger partial charge is 0.253 e. The van der Waals surface area contributed by atoms with Gasteiger partial charge in [0.15, 0.2) is 0 Å². The van der Waals surface area contributed by atoms with Gasteiger partial charge in [0, 0.05) is 21.5 Å². The van der Waals surface area contributed by atoms with E-state index in [9.17, 15) is 9.90 Å². The molecule has 2 heterocycles. The number of pyridine rings is 1. The van der Waals surface area contributed by atoms with Crippen molar-refractivity contribution in [1.29, 1.82) is 0 Å². The van der Waals surface area contributed by atoms with Crippen molar-refractivity contribution in [2.24, 2.45) is 0 Å². The molecule has 3 rings (SSSR count). The maximum atomic E-state index is 12.5. The highest BCUT2D eigenvalue weighted by Gasteiger charge is 2.25. The molecule has 4 nitrogen and oxygen atoms in total. The molecule has 0 saturated carbocycles. The van der Waals surface area contributed by atoms with Crippen molar-refractivity contribution >= 4 is 39.7 Å². The van der Waals surface area contributed by atoms with Crippen molar-refractivity contribution in [3.05, 3.63) is 63.4 Å². The highest BCUT2D eigenvalue weighted by molar-refractivity contribution is 7.10. The van der Waals surface area contributed by atoms with Crippen LogP contribution in [0.15, 0.2) is 48.0 Å². The minimum atomic E-state index is -1.12. The van der Waals surface area contributed by atoms with Crippen molar-refractivity contribution in [2.75, 3.05) is 6.54 Å². The van der Waals surface area contributed by atoms with E-state index in [1.54, 1.807) is 31.3 Å². The van der Waals surface area contributed by atoms with Crippen molar-refractivity contribution < 1.29 is 9.90 Å². The Hall–Kier alpha value is -1.95. The van der Waals surface area contributed by atoms with Gasteiger partial charge in [-0.05, 0) is 36.6 Å². The van der Waals surface area contributed by atoms with Crippen LogP contribution in [0.2, 0.25) is 5.02 Å². The van der Waals surface area contributed by atoms with Gasteiger partial charge >= 0.3 is 0 Å². The van der Waals surface area contributed by atoms with Gasteiger partial charge in [0.05, 0.1) is 17.6 Å². The van der Waals surface area contributed by atoms with Gasteiger partial charge in [0.2, 0.25) is 0 Å². The molecule has 3 aromatic rings. The normalized spacial score (nSPS) is 13.7. The molecule has 1 unspecified atom stereocenters. The van der Waals surface area contributed by atoms with Crippen LogP contribution in [0, 0.1) is 0 Å². The summed E-state index contributed by atoms with van der Waals surface area (Å²) in [5.74, 6) is -0.312. The summed E-state index contributed by atoms with van der Waals surface area (Å²) in [6.07, 6.45) is 1.63. The van der Waals surface area contributed by atoms with Crippen molar-refractivity contribution in [1.82, 2.24) is 10.3 Å². The molecular formula is C17H15ClN2O2S. The van der Waals surface area contributed by atoms with Gasteiger partial charge in [-0.25, -0.2) is 0 Å². The average Bonchev–Trinajstić information content (AvgIpc) is 3.07. The first-order chi connectivity index (χ1) is 11.0. The van der Waals surface area contributed by atoms with E-state index < -0.39 is 5.60 Å². The predicted molar refractivity (Wildman–Crippen MR) is 93.0 cm³/mol. The average molecular weight is 347 g/mol. The Balaban J connectivity index is 1.84. The van der Waals surface area contributed by atoms with Crippen LogP contribution in [0.3, 0.4) is 0 Å². The molecule has 1 amide bonds. The molecule has 0 saturated heterocycles. The fourth-order valence-electron chi connectivity index (χ4n) is 2.35. The van der Waals surface area contributed by atoms with Crippen molar-refractivity contribution in [3.63, 3.8) is 0 Å². The van der Waals surface area contributed by atoms with Gasteiger partial charge in [-0.1, -0.05) is 23.7 Å². The third-order valence-corrected chi connectivity index (χ3v) is 4.90. The van der Waals surface area contributed by atoms with E-state index in [2.05, 4.69) is 10.3 Å². The summed E-state index contributed by atoms with van der Waals surface area (Å²) in [7, 11) is 0. The summed E-state index contributed by atoms with van der Waals surface area (Å²) in [6, 6.07) is 10.7. The molecule has 0 radical (unpaired) electrons. The molecule has 6 heteroatoms. The Kier molecular flexibility index (Phi) is 4.35. The minimum Gasteiger partial charge on any atom is -0.383 e. The van der Waals surface area contributed by atoms with Crippen LogP contribution in [0.5, 0.6) is 0 Å². The van der Waals surface area contributed by atoms with E-state index in [0.717, 1.165) is 10.3 Å². The maximum absolute atomic E-state index is 12.5. The topological polar surface area (TPSA) is 62.2 Å². The second kappa shape index (κ2) is 6.28. The minimum absolute atomic E-state index is 0.104. The first-order valence-electron chi connectivity index (χ1n) is 7.06. The van der Waals surface area contributed by atoms with E-state index in [-0.39, 0.29) is 12.5 Å². The second-order valence-electron chi connectivity index (χ2n) is 5.46. The van der Waals surface area contributed by atoms with Crippen molar-refractivity contribution in [3.8, 4) is 0 Å². The highest BCUT2D eigenvalue weighted by Crippen LogP contribution is 2.25. The number of fused-ring (bicyclic) bond motifs is 1. The SMILES string of the molecule is CC(O)(CNC(=O)c1cc(Cl)cc2cccnc12)c1cccs1. The van der Waals surface area contributed by atoms with Crippen molar-refractivity contribution in [2.45, 2.75) is 12.5 Å². The standard InChI is InChI=1S/C17H15ClN2O2S/c1-17(22,14-5-3-7-23-14)10-20-16(21)13-9-12(18)8-11-4-2-6-19-15(11)13/h2-9,22H,10H2,1H3,(H,20,21). The summed E-state index contributed by atoms with van der Waals surface area (Å²) in [6.45, 7) is 1.78. The molecule has 0 spiro atoms. The summed E-state index contributed by atoms with van der Waals surface area (Å²) in [5, 5.41) is 16.4. The Morgan fingerprint density at radius 2 is 2.22 bits per heavy atom. The quantitative estimate of drug-likeness (QED) is 0.759. The predicted octanol–water partition coefficient (Wildman–Crippen LogP) is 3.59. The van der Waals surface area contributed by atoms with E-state index in [1.165, 1.54) is 11.3 Å². The number of thiophene rings is 1. The number of rotatable bonds is 4. The molecule has 2 N–H and O–H groups in total. The van der Waals surface area contributed by atoms with Crippen LogP contribution < -0.4 is 5.32 Å². The molecule has 23 heavy (non-hydrogen) atoms. The molecule has 0 bridgehead atoms. The third-order valence-electron chi connectivity index (χ3n) is 3.56. The van der Waals surface area contributed by atoms with E-state index in [1.807, 2.05) is 23.6 Å². The summed E-state index contributed by atoms with van der Waals surface area (Å²) < 4.78 is 0. The zero-order chi connectivity index (χ0) is 16.4. The molecule has 0 fully saturated rings. The number of hydrogen-bond acceptors (Lipinski definition) is 4. The lowest BCUT2D eigenvalue weighted by atomic mass is 10.0. The third kappa shape index (κ3) is 3.37. The molecule has 118 valence electrons. The fourth-order valence-corrected chi connectivity index (χ4v) is 3.36. The first kappa shape index (κ1) is 15.9. The number of carbonyl (C=O) groups is 1. The zero-order valence-electron chi connectivity index (χ0n) is 12.4. The molecule has 0 aliphatic carbocycles.